The number of rotatable bonds is 9. The molecule has 13 nitrogen and oxygen atoms in total. The minimum absolute atomic E-state index is 0.0683. The van der Waals surface area contributed by atoms with Crippen LogP contribution in [0.5, 0.6) is 0 Å². The first kappa shape index (κ1) is 28.2. The van der Waals surface area contributed by atoms with Crippen LogP contribution in [0.15, 0.2) is 29.2 Å². The molecule has 1 fully saturated rings. The third kappa shape index (κ3) is 8.28. The molecule has 5 atom stereocenters. The molecular weight excluding hydrogens is 488 g/mol. The zero-order chi connectivity index (χ0) is 26.3. The van der Waals surface area contributed by atoms with Crippen molar-refractivity contribution in [3.05, 3.63) is 29.8 Å². The van der Waals surface area contributed by atoms with Crippen molar-refractivity contribution in [2.45, 2.75) is 70.2 Å². The van der Waals surface area contributed by atoms with Crippen molar-refractivity contribution in [1.82, 2.24) is 10.3 Å². The minimum Gasteiger partial charge on any atom is -0.463 e. The van der Waals surface area contributed by atoms with E-state index in [9.17, 15) is 27.6 Å². The van der Waals surface area contributed by atoms with Crippen LogP contribution in [0.4, 0.5) is 0 Å². The molecule has 2 N–H and O–H groups in total. The van der Waals surface area contributed by atoms with Crippen molar-refractivity contribution in [1.29, 1.82) is 0 Å². The Kier molecular flexibility index (Phi) is 9.71. The van der Waals surface area contributed by atoms with Crippen LogP contribution in [0, 0.1) is 6.92 Å². The van der Waals surface area contributed by atoms with Gasteiger partial charge in [0, 0.05) is 27.7 Å². The Morgan fingerprint density at radius 2 is 1.34 bits per heavy atom. The second-order valence-electron chi connectivity index (χ2n) is 7.68. The summed E-state index contributed by atoms with van der Waals surface area (Å²) in [5, 5.41) is 0. The van der Waals surface area contributed by atoms with E-state index >= 15 is 0 Å². The molecule has 1 aliphatic rings. The molecule has 2 rings (SSSR count). The molecule has 0 amide bonds. The highest BCUT2D eigenvalue weighted by Gasteiger charge is 2.52. The van der Waals surface area contributed by atoms with Gasteiger partial charge in [-0.1, -0.05) is 17.7 Å². The number of nitrogens with one attached hydrogen (secondary N) is 2. The average molecular weight is 517 g/mol. The van der Waals surface area contributed by atoms with Crippen molar-refractivity contribution in [2.75, 3.05) is 6.61 Å². The summed E-state index contributed by atoms with van der Waals surface area (Å²) in [5.41, 5.74) is 3.26. The van der Waals surface area contributed by atoms with Crippen LogP contribution in [0.3, 0.4) is 0 Å². The van der Waals surface area contributed by atoms with Gasteiger partial charge in [0.15, 0.2) is 24.5 Å². The SMILES string of the molecule is CC(=O)OC[C@H]1O[C@@H](NNS(=O)(=O)c2ccc(C)cc2)[C@H](OC(C)=O)[C@@H](OC(C)=O)[C@@H]1OC(C)=O. The highest BCUT2D eigenvalue weighted by atomic mass is 32.2. The predicted octanol–water partition coefficient (Wildman–Crippen LogP) is -0.139. The molecule has 194 valence electrons. The molecule has 0 aromatic heterocycles. The average Bonchev–Trinajstić information content (AvgIpc) is 2.73. The van der Waals surface area contributed by atoms with Crippen molar-refractivity contribution >= 4 is 33.9 Å². The Hall–Kier alpha value is -3.07. The standard InChI is InChI=1S/C21H28N2O11S/c1-11-6-8-16(9-7-11)35(28,29)23-22-21-20(33-15(5)27)19(32-14(4)26)18(31-13(3)25)17(34-21)10-30-12(2)24/h6-9,17-23H,10H2,1-5H3/t17-,18-,19+,20-,21-/m1/s1. The third-order valence-corrected chi connectivity index (χ3v) is 5.94. The zero-order valence-electron chi connectivity index (χ0n) is 19.8. The molecule has 1 aromatic rings. The number of hydrogen-bond acceptors (Lipinski definition) is 12. The van der Waals surface area contributed by atoms with Crippen molar-refractivity contribution < 1.29 is 51.3 Å². The van der Waals surface area contributed by atoms with E-state index in [4.69, 9.17) is 23.7 Å². The summed E-state index contributed by atoms with van der Waals surface area (Å²) in [6.45, 7) is 5.73. The number of esters is 4. The lowest BCUT2D eigenvalue weighted by molar-refractivity contribution is -0.258. The maximum atomic E-state index is 12.7. The number of carbonyl (C=O) groups excluding carboxylic acids is 4. The van der Waals surface area contributed by atoms with Gasteiger partial charge in [-0.05, 0) is 19.1 Å². The molecule has 0 bridgehead atoms. The van der Waals surface area contributed by atoms with Crippen LogP contribution in [0.25, 0.3) is 0 Å². The summed E-state index contributed by atoms with van der Waals surface area (Å²) in [7, 11) is -4.10. The van der Waals surface area contributed by atoms with E-state index in [0.29, 0.717) is 0 Å². The second-order valence-corrected chi connectivity index (χ2v) is 9.37. The fraction of sp³-hybridized carbons (Fsp3) is 0.524. The first-order chi connectivity index (χ1) is 16.3. The number of hydrogen-bond donors (Lipinski definition) is 2. The fourth-order valence-electron chi connectivity index (χ4n) is 3.26. The molecule has 35 heavy (non-hydrogen) atoms. The topological polar surface area (TPSA) is 173 Å². The predicted molar refractivity (Wildman–Crippen MR) is 117 cm³/mol. The Morgan fingerprint density at radius 3 is 1.86 bits per heavy atom. The normalized spacial score (nSPS) is 24.2. The van der Waals surface area contributed by atoms with Crippen LogP contribution in [-0.2, 0) is 52.9 Å². The lowest BCUT2D eigenvalue weighted by Gasteiger charge is -2.44. The van der Waals surface area contributed by atoms with Crippen molar-refractivity contribution in [3.8, 4) is 0 Å². The monoisotopic (exact) mass is 516 g/mol. The molecule has 0 spiro atoms. The van der Waals surface area contributed by atoms with E-state index < -0.39 is 71.2 Å². The van der Waals surface area contributed by atoms with Gasteiger partial charge >= 0.3 is 23.9 Å². The molecule has 0 aliphatic carbocycles. The highest BCUT2D eigenvalue weighted by Crippen LogP contribution is 2.28. The van der Waals surface area contributed by atoms with Gasteiger partial charge in [-0.3, -0.25) is 19.2 Å². The molecule has 0 radical (unpaired) electrons. The Bertz CT molecular complexity index is 1040. The summed E-state index contributed by atoms with van der Waals surface area (Å²) in [5.74, 6) is -3.08. The van der Waals surface area contributed by atoms with Crippen LogP contribution in [0.1, 0.15) is 33.3 Å². The molecular formula is C21H28N2O11S. The lowest BCUT2D eigenvalue weighted by atomic mass is 9.97. The number of sulfonamides is 1. The van der Waals surface area contributed by atoms with Crippen molar-refractivity contribution in [3.63, 3.8) is 0 Å². The molecule has 14 heteroatoms. The number of ether oxygens (including phenoxy) is 5. The Morgan fingerprint density at radius 1 is 0.829 bits per heavy atom. The molecule has 0 saturated carbocycles. The first-order valence-electron chi connectivity index (χ1n) is 10.4. The van der Waals surface area contributed by atoms with Gasteiger partial charge in [-0.2, -0.15) is 0 Å². The lowest BCUT2D eigenvalue weighted by Crippen LogP contribution is -2.67. The van der Waals surface area contributed by atoms with Crippen LogP contribution >= 0.6 is 0 Å². The summed E-state index contributed by atoms with van der Waals surface area (Å²) >= 11 is 0. The van der Waals surface area contributed by atoms with Gasteiger partial charge < -0.3 is 23.7 Å². The number of aryl methyl sites for hydroxylation is 1. The van der Waals surface area contributed by atoms with Crippen LogP contribution in [0.2, 0.25) is 0 Å². The Balaban J connectivity index is 2.40. The van der Waals surface area contributed by atoms with E-state index in [0.717, 1.165) is 33.3 Å². The highest BCUT2D eigenvalue weighted by molar-refractivity contribution is 7.89. The maximum Gasteiger partial charge on any atom is 0.303 e. The number of carbonyl (C=O) groups is 4. The number of hydrazine groups is 1. The van der Waals surface area contributed by atoms with Gasteiger partial charge in [-0.15, -0.1) is 4.83 Å². The molecule has 1 heterocycles. The minimum atomic E-state index is -4.10. The second kappa shape index (κ2) is 12.1. The molecule has 1 aliphatic heterocycles. The van der Waals surface area contributed by atoms with E-state index in [1.54, 1.807) is 19.1 Å². The molecule has 1 saturated heterocycles. The largest absolute Gasteiger partial charge is 0.463 e. The number of benzene rings is 1. The zero-order valence-corrected chi connectivity index (χ0v) is 20.6. The summed E-state index contributed by atoms with van der Waals surface area (Å²) < 4.78 is 52.0. The van der Waals surface area contributed by atoms with Gasteiger partial charge in [-0.25, -0.2) is 13.8 Å². The van der Waals surface area contributed by atoms with Gasteiger partial charge in [0.1, 0.15) is 12.7 Å². The van der Waals surface area contributed by atoms with E-state index in [-0.39, 0.29) is 4.90 Å². The van der Waals surface area contributed by atoms with E-state index in [2.05, 4.69) is 10.3 Å². The smallest absolute Gasteiger partial charge is 0.303 e. The summed E-state index contributed by atoms with van der Waals surface area (Å²) in [6, 6.07) is 5.96. The quantitative estimate of drug-likeness (QED) is 0.253. The van der Waals surface area contributed by atoms with E-state index in [1.165, 1.54) is 12.1 Å². The van der Waals surface area contributed by atoms with Gasteiger partial charge in [0.25, 0.3) is 10.0 Å². The third-order valence-electron chi connectivity index (χ3n) is 4.66. The summed E-state index contributed by atoms with van der Waals surface area (Å²) in [4.78, 5) is 48.8. The van der Waals surface area contributed by atoms with E-state index in [1.807, 2.05) is 0 Å². The van der Waals surface area contributed by atoms with Crippen LogP contribution < -0.4 is 10.3 Å². The van der Waals surface area contributed by atoms with Gasteiger partial charge in [0.2, 0.25) is 0 Å². The Labute approximate surface area is 202 Å². The molecule has 1 aromatic carbocycles. The maximum absolute atomic E-state index is 12.7. The van der Waals surface area contributed by atoms with Gasteiger partial charge in [0.05, 0.1) is 4.90 Å². The van der Waals surface area contributed by atoms with Crippen molar-refractivity contribution in [2.24, 2.45) is 0 Å². The fourth-order valence-corrected chi connectivity index (χ4v) is 4.14. The molecule has 0 unspecified atom stereocenters. The summed E-state index contributed by atoms with van der Waals surface area (Å²) in [6.07, 6.45) is -6.92. The van der Waals surface area contributed by atoms with Crippen LogP contribution in [-0.4, -0.2) is 69.5 Å². The first-order valence-corrected chi connectivity index (χ1v) is 11.9.